The molecule has 0 aliphatic carbocycles. The predicted molar refractivity (Wildman–Crippen MR) is 27.5 cm³/mol. The average Bonchev–Trinajstić information content (AvgIpc) is 1.70. The molecule has 0 aromatic heterocycles. The summed E-state index contributed by atoms with van der Waals surface area (Å²) in [6.45, 7) is 0. The van der Waals surface area contributed by atoms with Crippen LogP contribution in [-0.2, 0) is 25.8 Å². The van der Waals surface area contributed by atoms with E-state index in [4.69, 9.17) is 30.3 Å². The largest absolute Gasteiger partial charge is 3.00 e. The van der Waals surface area contributed by atoms with Crippen molar-refractivity contribution < 1.29 is 25.8 Å². The van der Waals surface area contributed by atoms with Gasteiger partial charge in [0.05, 0.1) is 0 Å². The second-order valence-corrected chi connectivity index (χ2v) is 0.224. The summed E-state index contributed by atoms with van der Waals surface area (Å²) < 4.78 is 0. The fourth-order valence-electron chi connectivity index (χ4n) is 0. The summed E-state index contributed by atoms with van der Waals surface area (Å²) in [5.41, 5.74) is 0. The first-order valence-electron chi connectivity index (χ1n) is 1.10. The van der Waals surface area contributed by atoms with E-state index in [1.165, 1.54) is 0 Å². The zero-order chi connectivity index (χ0) is 8.12. The van der Waals surface area contributed by atoms with Gasteiger partial charge in [0.2, 0.25) is 0 Å². The van der Waals surface area contributed by atoms with E-state index in [-0.39, 0.29) is 25.8 Å². The van der Waals surface area contributed by atoms with Crippen LogP contribution in [0.25, 0.3) is 0 Å². The van der Waals surface area contributed by atoms with Crippen LogP contribution in [0.15, 0.2) is 16.0 Å². The summed E-state index contributed by atoms with van der Waals surface area (Å²) in [6, 6.07) is 0. The Kier molecular flexibility index (Phi) is 216. The van der Waals surface area contributed by atoms with Crippen molar-refractivity contribution in [3.8, 4) is 0 Å². The Morgan fingerprint density at radius 3 is 0.700 bits per heavy atom. The van der Waals surface area contributed by atoms with Gasteiger partial charge in [-0.15, -0.1) is 16.0 Å². The second-order valence-electron chi connectivity index (χ2n) is 0.224. The van der Waals surface area contributed by atoms with Crippen molar-refractivity contribution in [3.05, 3.63) is 30.3 Å². The maximum atomic E-state index is 8.00. The molecule has 0 aliphatic rings. The van der Waals surface area contributed by atoms with Crippen LogP contribution < -0.4 is 0 Å². The number of hydrogen-bond donors (Lipinski definition) is 0. The third-order valence-electron chi connectivity index (χ3n) is 0. The smallest absolute Gasteiger partial charge is 0.444 e. The molecular formula is N3O6Sc. The quantitative estimate of drug-likeness (QED) is 0.397. The third kappa shape index (κ3) is 301. The van der Waals surface area contributed by atoms with E-state index in [2.05, 4.69) is 0 Å². The molecule has 10 heavy (non-hydrogen) atoms. The van der Waals surface area contributed by atoms with Crippen molar-refractivity contribution in [1.82, 2.24) is 0 Å². The molecule has 9 nitrogen and oxygen atoms in total. The molecule has 0 fully saturated rings. The molecule has 0 saturated carbocycles. The maximum absolute atomic E-state index is 8.00. The third-order valence-corrected chi connectivity index (χ3v) is 0. The first kappa shape index (κ1) is 23.0. The van der Waals surface area contributed by atoms with Gasteiger partial charge in [0.1, 0.15) is 0 Å². The molecule has 0 radical (unpaired) electrons. The molecule has 0 unspecified atom stereocenters. The van der Waals surface area contributed by atoms with Crippen LogP contribution in [0, 0.1) is 30.3 Å². The first-order chi connectivity index (χ1) is 4.24. The molecule has 0 bridgehead atoms. The van der Waals surface area contributed by atoms with Gasteiger partial charge in [-0.05, 0) is 0 Å². The second kappa shape index (κ2) is 94.1. The summed E-state index contributed by atoms with van der Waals surface area (Å²) in [5, 5.41) is 27.0. The van der Waals surface area contributed by atoms with E-state index in [0.29, 0.717) is 0 Å². The van der Waals surface area contributed by atoms with Crippen LogP contribution in [0.4, 0.5) is 0 Å². The van der Waals surface area contributed by atoms with Gasteiger partial charge in [-0.25, -0.2) is 0 Å². The zero-order valence-corrected chi connectivity index (χ0v) is 6.17. The normalized spacial score (nSPS) is 3.60. The van der Waals surface area contributed by atoms with E-state index in [1.54, 1.807) is 0 Å². The Morgan fingerprint density at radius 2 is 0.700 bits per heavy atom. The van der Waals surface area contributed by atoms with E-state index in [1.807, 2.05) is 0 Å². The molecule has 0 saturated heterocycles. The van der Waals surface area contributed by atoms with Gasteiger partial charge < -0.3 is 30.3 Å². The molecule has 0 aliphatic heterocycles. The molecule has 0 spiro atoms. The van der Waals surface area contributed by atoms with E-state index in [9.17, 15) is 0 Å². The minimum Gasteiger partial charge on any atom is -0.444 e. The number of rotatable bonds is 0. The minimum atomic E-state index is 0. The van der Waals surface area contributed by atoms with Crippen molar-refractivity contribution in [2.24, 2.45) is 16.0 Å². The Bertz CT molecular complexity index is 49.7. The van der Waals surface area contributed by atoms with Crippen molar-refractivity contribution in [3.63, 3.8) is 0 Å². The van der Waals surface area contributed by atoms with E-state index in [0.717, 1.165) is 16.0 Å². The van der Waals surface area contributed by atoms with Crippen molar-refractivity contribution in [1.29, 1.82) is 0 Å². The Labute approximate surface area is 72.6 Å². The van der Waals surface area contributed by atoms with Gasteiger partial charge in [0.25, 0.3) is 0 Å². The van der Waals surface area contributed by atoms with Crippen LogP contribution in [0.5, 0.6) is 0 Å². The van der Waals surface area contributed by atoms with Crippen LogP contribution >= 0.6 is 0 Å². The van der Waals surface area contributed by atoms with Crippen molar-refractivity contribution in [2.45, 2.75) is 0 Å². The summed E-state index contributed by atoms with van der Waals surface area (Å²) in [6.07, 6.45) is 0. The molecule has 0 rings (SSSR count). The van der Waals surface area contributed by atoms with Crippen LogP contribution in [0.1, 0.15) is 0 Å². The van der Waals surface area contributed by atoms with Crippen molar-refractivity contribution >= 4 is 0 Å². The molecule has 10 heteroatoms. The van der Waals surface area contributed by atoms with Gasteiger partial charge in [-0.3, -0.25) is 0 Å². The molecule has 0 aromatic rings. The Morgan fingerprint density at radius 1 is 0.700 bits per heavy atom. The van der Waals surface area contributed by atoms with Gasteiger partial charge in [0.15, 0.2) is 0 Å². The first-order valence-corrected chi connectivity index (χ1v) is 1.10. The SMILES string of the molecule is O=N[O-].O=N[O-].O=N[O-].[Sc+3]. The van der Waals surface area contributed by atoms with Crippen molar-refractivity contribution in [2.75, 3.05) is 0 Å². The summed E-state index contributed by atoms with van der Waals surface area (Å²) in [4.78, 5) is 24.0. The van der Waals surface area contributed by atoms with Gasteiger partial charge >= 0.3 is 25.8 Å². The van der Waals surface area contributed by atoms with Gasteiger partial charge in [-0.1, -0.05) is 0 Å². The molecular weight excluding hydrogens is 183 g/mol. The fourth-order valence-corrected chi connectivity index (χ4v) is 0. The Balaban J connectivity index is -0.0000000257. The van der Waals surface area contributed by atoms with E-state index < -0.39 is 0 Å². The van der Waals surface area contributed by atoms with Crippen LogP contribution in [0.3, 0.4) is 0 Å². The molecule has 0 atom stereocenters. The van der Waals surface area contributed by atoms with E-state index >= 15 is 0 Å². The molecule has 0 aromatic carbocycles. The topological polar surface area (TPSA) is 157 Å². The van der Waals surface area contributed by atoms with Gasteiger partial charge in [0, 0.05) is 0 Å². The van der Waals surface area contributed by atoms with Crippen LogP contribution in [0.2, 0.25) is 0 Å². The molecule has 0 N–H and O–H groups in total. The molecule has 54 valence electrons. The number of nitrogens with zero attached hydrogens (tertiary/aromatic N) is 3. The molecule has 0 amide bonds. The van der Waals surface area contributed by atoms with Gasteiger partial charge in [-0.2, -0.15) is 0 Å². The maximum Gasteiger partial charge on any atom is 3.00 e. The summed E-state index contributed by atoms with van der Waals surface area (Å²) in [7, 11) is 0. The summed E-state index contributed by atoms with van der Waals surface area (Å²) in [5.74, 6) is 0. The Hall–Kier alpha value is -0.930. The average molecular weight is 183 g/mol. The predicted octanol–water partition coefficient (Wildman–Crippen LogP) is 0.749. The number of hydrogen-bond acceptors (Lipinski definition) is 9. The fraction of sp³-hybridized carbons (Fsp3) is 0. The monoisotopic (exact) mass is 183 g/mol. The zero-order valence-electron chi connectivity index (χ0n) is 4.37. The summed E-state index contributed by atoms with van der Waals surface area (Å²) >= 11 is 0. The minimum absolute atomic E-state index is 0. The van der Waals surface area contributed by atoms with Crippen LogP contribution in [-0.4, -0.2) is 0 Å². The molecule has 0 heterocycles. The standard InChI is InChI=1S/3HNO2.Sc/c3*2-1-3;/h3*(H,2,3);/q;;;+3/p-3.